The summed E-state index contributed by atoms with van der Waals surface area (Å²) in [7, 11) is 0. The first-order valence-electron chi connectivity index (χ1n) is 14.2. The van der Waals surface area contributed by atoms with Gasteiger partial charge in [-0.05, 0) is 65.7 Å². The molecule has 9 rings (SSSR count). The summed E-state index contributed by atoms with van der Waals surface area (Å²) in [6, 6.07) is 49.2. The lowest BCUT2D eigenvalue weighted by molar-refractivity contribution is 1.18. The Morgan fingerprint density at radius 3 is 2.14 bits per heavy atom. The fourth-order valence-corrected chi connectivity index (χ4v) is 6.41. The summed E-state index contributed by atoms with van der Waals surface area (Å²) in [5.41, 5.74) is 11.8. The lowest BCUT2D eigenvalue weighted by Gasteiger charge is -2.10. The third-order valence-corrected chi connectivity index (χ3v) is 8.30. The van der Waals surface area contributed by atoms with Gasteiger partial charge in [0.1, 0.15) is 11.2 Å². The number of hydrogen-bond donors (Lipinski definition) is 0. The molecule has 196 valence electrons. The third kappa shape index (κ3) is 3.36. The van der Waals surface area contributed by atoms with Crippen LogP contribution in [0.15, 0.2) is 146 Å². The second kappa shape index (κ2) is 8.88. The van der Waals surface area contributed by atoms with Crippen LogP contribution in [-0.2, 0) is 0 Å². The van der Waals surface area contributed by atoms with E-state index in [9.17, 15) is 0 Å². The van der Waals surface area contributed by atoms with Crippen LogP contribution in [0, 0.1) is 0 Å². The SMILES string of the molecule is c1ccc(-n2c3ccccc3c3cc(-c4cccc(-c5nc6ccccc6c6nc7ccccn7c56)c4)ccc32)cc1. The summed E-state index contributed by atoms with van der Waals surface area (Å²) >= 11 is 0. The van der Waals surface area contributed by atoms with E-state index < -0.39 is 0 Å². The predicted molar refractivity (Wildman–Crippen MR) is 173 cm³/mol. The molecule has 0 saturated carbocycles. The Bertz CT molecular complexity index is 2470. The average molecular weight is 537 g/mol. The van der Waals surface area contributed by atoms with Crippen LogP contribution in [-0.4, -0.2) is 18.9 Å². The highest BCUT2D eigenvalue weighted by Gasteiger charge is 2.17. The van der Waals surface area contributed by atoms with Crippen molar-refractivity contribution in [1.29, 1.82) is 0 Å². The van der Waals surface area contributed by atoms with Crippen LogP contribution in [0.2, 0.25) is 0 Å². The van der Waals surface area contributed by atoms with Crippen molar-refractivity contribution < 1.29 is 0 Å². The molecule has 42 heavy (non-hydrogen) atoms. The maximum absolute atomic E-state index is 5.19. The van der Waals surface area contributed by atoms with Crippen LogP contribution >= 0.6 is 0 Å². The minimum atomic E-state index is 0.920. The maximum atomic E-state index is 5.19. The Hall–Kier alpha value is -5.74. The average Bonchev–Trinajstić information content (AvgIpc) is 3.61. The molecule has 0 aliphatic carbocycles. The summed E-state index contributed by atoms with van der Waals surface area (Å²) < 4.78 is 4.51. The third-order valence-electron chi connectivity index (χ3n) is 8.30. The van der Waals surface area contributed by atoms with Crippen molar-refractivity contribution in [2.75, 3.05) is 0 Å². The molecule has 4 nitrogen and oxygen atoms in total. The second-order valence-corrected chi connectivity index (χ2v) is 10.7. The van der Waals surface area contributed by atoms with Crippen molar-refractivity contribution in [3.63, 3.8) is 0 Å². The van der Waals surface area contributed by atoms with E-state index in [1.165, 1.54) is 27.4 Å². The van der Waals surface area contributed by atoms with Gasteiger partial charge in [-0.15, -0.1) is 0 Å². The molecule has 9 aromatic rings. The maximum Gasteiger partial charge on any atom is 0.137 e. The van der Waals surface area contributed by atoms with Crippen molar-refractivity contribution in [1.82, 2.24) is 18.9 Å². The van der Waals surface area contributed by atoms with Gasteiger partial charge in [0.25, 0.3) is 0 Å². The molecule has 0 atom stereocenters. The molecule has 0 amide bonds. The first-order chi connectivity index (χ1) is 20.8. The molecular formula is C38H24N4. The van der Waals surface area contributed by atoms with Crippen LogP contribution in [0.1, 0.15) is 0 Å². The van der Waals surface area contributed by atoms with Gasteiger partial charge in [0.05, 0.1) is 27.8 Å². The number of rotatable bonds is 3. The lowest BCUT2D eigenvalue weighted by atomic mass is 9.99. The topological polar surface area (TPSA) is 35.1 Å². The minimum absolute atomic E-state index is 0.920. The number of nitrogens with zero attached hydrogens (tertiary/aromatic N) is 4. The molecule has 0 aliphatic heterocycles. The van der Waals surface area contributed by atoms with Gasteiger partial charge in [0.2, 0.25) is 0 Å². The Morgan fingerprint density at radius 1 is 0.476 bits per heavy atom. The van der Waals surface area contributed by atoms with Crippen molar-refractivity contribution in [3.05, 3.63) is 146 Å². The van der Waals surface area contributed by atoms with Gasteiger partial charge in [-0.25, -0.2) is 9.97 Å². The smallest absolute Gasteiger partial charge is 0.137 e. The molecule has 0 N–H and O–H groups in total. The number of para-hydroxylation sites is 3. The summed E-state index contributed by atoms with van der Waals surface area (Å²) in [5.74, 6) is 0. The monoisotopic (exact) mass is 536 g/mol. The molecule has 4 heteroatoms. The van der Waals surface area contributed by atoms with E-state index in [1.54, 1.807) is 0 Å². The standard InChI is InChI=1S/C38H24N4/c1-2-13-28(14-3-1)42-33-18-7-5-15-29(33)31-24-26(20-21-34(31)42)25-11-10-12-27(23-25)36-38-37(30-16-4-6-17-32(30)39-36)40-35-19-8-9-22-41(35)38/h1-24H. The van der Waals surface area contributed by atoms with Crippen LogP contribution < -0.4 is 0 Å². The van der Waals surface area contributed by atoms with Crippen molar-refractivity contribution in [2.24, 2.45) is 0 Å². The van der Waals surface area contributed by atoms with Crippen molar-refractivity contribution >= 4 is 49.4 Å². The molecule has 0 bridgehead atoms. The first-order valence-corrected chi connectivity index (χ1v) is 14.2. The quantitative estimate of drug-likeness (QED) is 0.225. The lowest BCUT2D eigenvalue weighted by Crippen LogP contribution is -1.93. The summed E-state index contributed by atoms with van der Waals surface area (Å²) in [5, 5.41) is 3.56. The van der Waals surface area contributed by atoms with E-state index in [4.69, 9.17) is 9.97 Å². The first kappa shape index (κ1) is 23.0. The molecule has 0 aliphatic rings. The number of fused-ring (bicyclic) bond motifs is 8. The van der Waals surface area contributed by atoms with E-state index in [0.717, 1.165) is 50.1 Å². The summed E-state index contributed by atoms with van der Waals surface area (Å²) in [6.07, 6.45) is 2.07. The van der Waals surface area contributed by atoms with Crippen LogP contribution in [0.3, 0.4) is 0 Å². The summed E-state index contributed by atoms with van der Waals surface area (Å²) in [6.45, 7) is 0. The molecule has 0 fully saturated rings. The molecule has 5 aromatic carbocycles. The zero-order chi connectivity index (χ0) is 27.6. The fourth-order valence-electron chi connectivity index (χ4n) is 6.41. The molecule has 0 spiro atoms. The molecule has 4 aromatic heterocycles. The van der Waals surface area contributed by atoms with Crippen LogP contribution in [0.25, 0.3) is 77.5 Å². The highest BCUT2D eigenvalue weighted by atomic mass is 15.0. The van der Waals surface area contributed by atoms with Gasteiger partial charge >= 0.3 is 0 Å². The number of benzene rings is 5. The van der Waals surface area contributed by atoms with E-state index in [1.807, 2.05) is 18.2 Å². The fraction of sp³-hybridized carbons (Fsp3) is 0. The Kier molecular flexibility index (Phi) is 4.87. The van der Waals surface area contributed by atoms with E-state index in [2.05, 4.69) is 136 Å². The molecule has 0 radical (unpaired) electrons. The van der Waals surface area contributed by atoms with Gasteiger partial charge in [-0.2, -0.15) is 0 Å². The van der Waals surface area contributed by atoms with E-state index >= 15 is 0 Å². The Labute approximate surface area is 241 Å². The van der Waals surface area contributed by atoms with Gasteiger partial charge in [0, 0.05) is 33.6 Å². The predicted octanol–water partition coefficient (Wildman–Crippen LogP) is 9.47. The zero-order valence-corrected chi connectivity index (χ0v) is 22.6. The van der Waals surface area contributed by atoms with Crippen LogP contribution in [0.4, 0.5) is 0 Å². The van der Waals surface area contributed by atoms with Gasteiger partial charge in [-0.3, -0.25) is 4.40 Å². The highest BCUT2D eigenvalue weighted by Crippen LogP contribution is 2.37. The Balaban J connectivity index is 1.27. The normalized spacial score (nSPS) is 11.8. The van der Waals surface area contributed by atoms with E-state index in [-0.39, 0.29) is 0 Å². The molecule has 4 heterocycles. The van der Waals surface area contributed by atoms with Gasteiger partial charge < -0.3 is 4.57 Å². The number of imidazole rings is 1. The second-order valence-electron chi connectivity index (χ2n) is 10.7. The van der Waals surface area contributed by atoms with E-state index in [0.29, 0.717) is 0 Å². The number of aromatic nitrogens is 4. The number of pyridine rings is 2. The molecular weight excluding hydrogens is 512 g/mol. The zero-order valence-electron chi connectivity index (χ0n) is 22.6. The largest absolute Gasteiger partial charge is 0.309 e. The number of hydrogen-bond acceptors (Lipinski definition) is 2. The van der Waals surface area contributed by atoms with Gasteiger partial charge in [0.15, 0.2) is 0 Å². The Morgan fingerprint density at radius 2 is 1.21 bits per heavy atom. The van der Waals surface area contributed by atoms with Crippen LogP contribution in [0.5, 0.6) is 0 Å². The van der Waals surface area contributed by atoms with Crippen molar-refractivity contribution in [3.8, 4) is 28.1 Å². The highest BCUT2D eigenvalue weighted by molar-refractivity contribution is 6.11. The molecule has 0 saturated heterocycles. The minimum Gasteiger partial charge on any atom is -0.309 e. The summed E-state index contributed by atoms with van der Waals surface area (Å²) in [4.78, 5) is 10.2. The van der Waals surface area contributed by atoms with Crippen molar-refractivity contribution in [2.45, 2.75) is 0 Å². The molecule has 0 unspecified atom stereocenters. The van der Waals surface area contributed by atoms with Gasteiger partial charge in [-0.1, -0.05) is 84.9 Å².